The molecule has 5 nitrogen and oxygen atoms in total. The Balaban J connectivity index is 2.37. The summed E-state index contributed by atoms with van der Waals surface area (Å²) in [4.78, 5) is 12.3. The molecule has 2 rings (SSSR count). The molecule has 0 saturated carbocycles. The fraction of sp³-hybridized carbons (Fsp3) is 0.500. The van der Waals surface area contributed by atoms with Gasteiger partial charge >= 0.3 is 0 Å². The van der Waals surface area contributed by atoms with E-state index in [1.165, 1.54) is 0 Å². The van der Waals surface area contributed by atoms with Crippen molar-refractivity contribution in [3.63, 3.8) is 0 Å². The SMILES string of the molecule is CC(C)(C)c1cc(NC(=O)c2ccc(Br)o2)n(C(C)(C)C)n1. The normalized spacial score (nSPS) is 12.5. The number of carbonyl (C=O) groups excluding carboxylic acids is 1. The van der Waals surface area contributed by atoms with E-state index in [4.69, 9.17) is 4.42 Å². The summed E-state index contributed by atoms with van der Waals surface area (Å²) in [5.41, 5.74) is 0.595. The molecule has 2 aromatic heterocycles. The zero-order valence-corrected chi connectivity index (χ0v) is 15.4. The predicted molar refractivity (Wildman–Crippen MR) is 90.3 cm³/mol. The Hall–Kier alpha value is -1.56. The molecule has 0 bridgehead atoms. The summed E-state index contributed by atoms with van der Waals surface area (Å²) in [5.74, 6) is 0.623. The van der Waals surface area contributed by atoms with Crippen LogP contribution in [0.1, 0.15) is 57.8 Å². The summed E-state index contributed by atoms with van der Waals surface area (Å²) in [5, 5.41) is 7.55. The van der Waals surface area contributed by atoms with E-state index >= 15 is 0 Å². The second kappa shape index (κ2) is 5.57. The van der Waals surface area contributed by atoms with E-state index in [1.54, 1.807) is 12.1 Å². The van der Waals surface area contributed by atoms with Gasteiger partial charge < -0.3 is 9.73 Å². The summed E-state index contributed by atoms with van der Waals surface area (Å²) >= 11 is 3.20. The number of hydrogen-bond donors (Lipinski definition) is 1. The first-order valence-corrected chi connectivity index (χ1v) is 7.95. The average molecular weight is 368 g/mol. The number of carbonyl (C=O) groups is 1. The molecule has 1 amide bonds. The second-order valence-corrected chi connectivity index (χ2v) is 8.09. The van der Waals surface area contributed by atoms with Gasteiger partial charge in [-0.2, -0.15) is 5.10 Å². The average Bonchev–Trinajstić information content (AvgIpc) is 2.93. The number of nitrogens with zero attached hydrogens (tertiary/aromatic N) is 2. The number of hydrogen-bond acceptors (Lipinski definition) is 3. The Kier molecular flexibility index (Phi) is 4.26. The number of anilines is 1. The molecule has 0 aliphatic rings. The van der Waals surface area contributed by atoms with Crippen LogP contribution in [0.2, 0.25) is 0 Å². The van der Waals surface area contributed by atoms with E-state index in [0.717, 1.165) is 5.69 Å². The highest BCUT2D eigenvalue weighted by Crippen LogP contribution is 2.28. The van der Waals surface area contributed by atoms with Crippen molar-refractivity contribution in [2.24, 2.45) is 0 Å². The van der Waals surface area contributed by atoms with E-state index in [-0.39, 0.29) is 22.6 Å². The van der Waals surface area contributed by atoms with Crippen LogP contribution in [0, 0.1) is 0 Å². The van der Waals surface area contributed by atoms with Crippen molar-refractivity contribution in [1.82, 2.24) is 9.78 Å². The largest absolute Gasteiger partial charge is 0.444 e. The van der Waals surface area contributed by atoms with Gasteiger partial charge in [-0.15, -0.1) is 0 Å². The third-order valence-corrected chi connectivity index (χ3v) is 3.58. The fourth-order valence-electron chi connectivity index (χ4n) is 1.96. The van der Waals surface area contributed by atoms with Crippen molar-refractivity contribution >= 4 is 27.7 Å². The quantitative estimate of drug-likeness (QED) is 0.846. The van der Waals surface area contributed by atoms with Crippen LogP contribution in [-0.4, -0.2) is 15.7 Å². The molecule has 0 unspecified atom stereocenters. The Labute approximate surface area is 139 Å². The van der Waals surface area contributed by atoms with Crippen molar-refractivity contribution in [2.75, 3.05) is 5.32 Å². The van der Waals surface area contributed by atoms with Gasteiger partial charge in [0.05, 0.1) is 11.2 Å². The maximum Gasteiger partial charge on any atom is 0.292 e. The van der Waals surface area contributed by atoms with E-state index in [9.17, 15) is 4.79 Å². The van der Waals surface area contributed by atoms with Gasteiger partial charge in [0.25, 0.3) is 5.91 Å². The van der Waals surface area contributed by atoms with Crippen molar-refractivity contribution in [3.05, 3.63) is 34.3 Å². The molecule has 1 N–H and O–H groups in total. The first-order chi connectivity index (χ1) is 9.98. The number of aromatic nitrogens is 2. The smallest absolute Gasteiger partial charge is 0.292 e. The zero-order valence-electron chi connectivity index (χ0n) is 13.8. The first-order valence-electron chi connectivity index (χ1n) is 7.16. The standard InChI is InChI=1S/C16H22BrN3O2/c1-15(2,3)11-9-13(20(19-11)16(4,5)6)18-14(21)10-7-8-12(17)22-10/h7-9H,1-6H3,(H,18,21). The van der Waals surface area contributed by atoms with E-state index < -0.39 is 0 Å². The van der Waals surface area contributed by atoms with Crippen LogP contribution in [-0.2, 0) is 11.0 Å². The van der Waals surface area contributed by atoms with Crippen LogP contribution in [0.3, 0.4) is 0 Å². The molecular weight excluding hydrogens is 346 g/mol. The molecule has 0 atom stereocenters. The number of amides is 1. The summed E-state index contributed by atoms with van der Waals surface area (Å²) in [7, 11) is 0. The zero-order chi connectivity index (χ0) is 16.7. The molecule has 2 heterocycles. The first kappa shape index (κ1) is 16.8. The van der Waals surface area contributed by atoms with E-state index in [1.807, 2.05) is 31.5 Å². The highest BCUT2D eigenvalue weighted by Gasteiger charge is 2.26. The van der Waals surface area contributed by atoms with Gasteiger partial charge in [0, 0.05) is 11.5 Å². The minimum Gasteiger partial charge on any atom is -0.444 e. The molecule has 22 heavy (non-hydrogen) atoms. The van der Waals surface area contributed by atoms with Crippen molar-refractivity contribution in [3.8, 4) is 0 Å². The topological polar surface area (TPSA) is 60.1 Å². The lowest BCUT2D eigenvalue weighted by atomic mass is 9.92. The van der Waals surface area contributed by atoms with Gasteiger partial charge in [-0.1, -0.05) is 20.8 Å². The summed E-state index contributed by atoms with van der Waals surface area (Å²) in [6.45, 7) is 12.4. The van der Waals surface area contributed by atoms with Crippen molar-refractivity contribution < 1.29 is 9.21 Å². The Morgan fingerprint density at radius 1 is 1.23 bits per heavy atom. The minimum absolute atomic E-state index is 0.0936. The number of nitrogens with one attached hydrogen (secondary N) is 1. The lowest BCUT2D eigenvalue weighted by molar-refractivity contribution is 0.0994. The molecule has 2 aromatic rings. The maximum absolute atomic E-state index is 12.3. The lowest BCUT2D eigenvalue weighted by Gasteiger charge is -2.22. The van der Waals surface area contributed by atoms with Gasteiger partial charge in [-0.3, -0.25) is 4.79 Å². The number of furan rings is 1. The summed E-state index contributed by atoms with van der Waals surface area (Å²) in [6, 6.07) is 5.24. The van der Waals surface area contributed by atoms with Crippen LogP contribution in [0.4, 0.5) is 5.82 Å². The molecule has 0 aliphatic carbocycles. The summed E-state index contributed by atoms with van der Waals surface area (Å²) in [6.07, 6.45) is 0. The van der Waals surface area contributed by atoms with Crippen molar-refractivity contribution in [1.29, 1.82) is 0 Å². The Morgan fingerprint density at radius 2 is 1.86 bits per heavy atom. The van der Waals surface area contributed by atoms with E-state index in [2.05, 4.69) is 47.1 Å². The van der Waals surface area contributed by atoms with Crippen LogP contribution < -0.4 is 5.32 Å². The highest BCUT2D eigenvalue weighted by molar-refractivity contribution is 9.10. The number of rotatable bonds is 2. The van der Waals surface area contributed by atoms with Crippen molar-refractivity contribution in [2.45, 2.75) is 52.5 Å². The second-order valence-electron chi connectivity index (χ2n) is 7.31. The summed E-state index contributed by atoms with van der Waals surface area (Å²) < 4.78 is 7.65. The third kappa shape index (κ3) is 3.61. The molecular formula is C16H22BrN3O2. The molecule has 120 valence electrons. The monoisotopic (exact) mass is 367 g/mol. The third-order valence-electron chi connectivity index (χ3n) is 3.15. The predicted octanol–water partition coefficient (Wildman–Crippen LogP) is 4.54. The Morgan fingerprint density at radius 3 is 2.32 bits per heavy atom. The van der Waals surface area contributed by atoms with Crippen LogP contribution in [0.15, 0.2) is 27.3 Å². The molecule has 0 spiro atoms. The molecule has 0 saturated heterocycles. The van der Waals surface area contributed by atoms with Crippen LogP contribution in [0.25, 0.3) is 0 Å². The highest BCUT2D eigenvalue weighted by atomic mass is 79.9. The van der Waals surface area contributed by atoms with Gasteiger partial charge in [0.1, 0.15) is 5.82 Å². The van der Waals surface area contributed by atoms with E-state index in [0.29, 0.717) is 10.5 Å². The Bertz CT molecular complexity index is 687. The van der Waals surface area contributed by atoms with Crippen LogP contribution in [0.5, 0.6) is 0 Å². The van der Waals surface area contributed by atoms with Gasteiger partial charge in [-0.05, 0) is 48.8 Å². The molecule has 6 heteroatoms. The fourth-order valence-corrected chi connectivity index (χ4v) is 2.27. The van der Waals surface area contributed by atoms with Gasteiger partial charge in [0.2, 0.25) is 0 Å². The van der Waals surface area contributed by atoms with Crippen LogP contribution >= 0.6 is 15.9 Å². The van der Waals surface area contributed by atoms with Gasteiger partial charge in [-0.25, -0.2) is 4.68 Å². The van der Waals surface area contributed by atoms with Gasteiger partial charge in [0.15, 0.2) is 10.4 Å². The lowest BCUT2D eigenvalue weighted by Crippen LogP contribution is -2.27. The molecule has 0 radical (unpaired) electrons. The molecule has 0 aliphatic heterocycles. The number of halogens is 1. The maximum atomic E-state index is 12.3. The minimum atomic E-state index is -0.295. The molecule has 0 fully saturated rings. The molecule has 0 aromatic carbocycles.